The van der Waals surface area contributed by atoms with Crippen LogP contribution in [0.3, 0.4) is 0 Å². The topological polar surface area (TPSA) is 83.1 Å². The predicted molar refractivity (Wildman–Crippen MR) is 63.9 cm³/mol. The summed E-state index contributed by atoms with van der Waals surface area (Å²) in [6, 6.07) is 2.52. The molecule has 1 unspecified atom stereocenters. The monoisotopic (exact) mass is 288 g/mol. The number of hydrogen-bond donors (Lipinski definition) is 0. The first-order chi connectivity index (χ1) is 9.16. The van der Waals surface area contributed by atoms with Crippen molar-refractivity contribution in [1.29, 1.82) is 5.26 Å². The number of nitriles is 1. The molecule has 0 saturated carbocycles. The average Bonchev–Trinajstić information content (AvgIpc) is 2.36. The Labute approximate surface area is 112 Å². The lowest BCUT2D eigenvalue weighted by Crippen LogP contribution is -2.25. The van der Waals surface area contributed by atoms with Crippen LogP contribution in [-0.2, 0) is 6.18 Å². The van der Waals surface area contributed by atoms with Crippen molar-refractivity contribution in [3.8, 4) is 6.07 Å². The SMILES string of the molecule is CC(C#N)CN(C)c1cc(C(F)(F)F)ncc1[N+](=O)[O-]. The maximum atomic E-state index is 12.6. The molecule has 0 spiro atoms. The fraction of sp³-hybridized carbons (Fsp3) is 0.455. The molecule has 6 nitrogen and oxygen atoms in total. The van der Waals surface area contributed by atoms with Crippen LogP contribution >= 0.6 is 0 Å². The van der Waals surface area contributed by atoms with Gasteiger partial charge in [-0.3, -0.25) is 10.1 Å². The third kappa shape index (κ3) is 3.57. The van der Waals surface area contributed by atoms with Gasteiger partial charge in [0.15, 0.2) is 0 Å². The largest absolute Gasteiger partial charge is 0.433 e. The molecule has 1 aromatic rings. The first kappa shape index (κ1) is 15.7. The van der Waals surface area contributed by atoms with Crippen LogP contribution in [0.25, 0.3) is 0 Å². The number of aromatic nitrogens is 1. The Morgan fingerprint density at radius 3 is 2.65 bits per heavy atom. The lowest BCUT2D eigenvalue weighted by molar-refractivity contribution is -0.384. The Hall–Kier alpha value is -2.37. The minimum atomic E-state index is -4.69. The van der Waals surface area contributed by atoms with Gasteiger partial charge in [0.05, 0.1) is 16.9 Å². The highest BCUT2D eigenvalue weighted by atomic mass is 19.4. The molecule has 0 saturated heterocycles. The second-order valence-corrected chi connectivity index (χ2v) is 4.22. The minimum Gasteiger partial charge on any atom is -0.368 e. The van der Waals surface area contributed by atoms with Crippen molar-refractivity contribution in [2.45, 2.75) is 13.1 Å². The minimum absolute atomic E-state index is 0.0681. The van der Waals surface area contributed by atoms with Crippen LogP contribution in [0.4, 0.5) is 24.5 Å². The predicted octanol–water partition coefficient (Wildman–Crippen LogP) is 2.60. The van der Waals surface area contributed by atoms with E-state index in [0.29, 0.717) is 12.3 Å². The number of rotatable bonds is 4. The molecule has 1 atom stereocenters. The zero-order valence-electron chi connectivity index (χ0n) is 10.7. The second-order valence-electron chi connectivity index (χ2n) is 4.22. The van der Waals surface area contributed by atoms with Gasteiger partial charge in [-0.25, -0.2) is 4.98 Å². The van der Waals surface area contributed by atoms with E-state index in [9.17, 15) is 23.3 Å². The molecule has 1 heterocycles. The smallest absolute Gasteiger partial charge is 0.368 e. The zero-order chi connectivity index (χ0) is 15.5. The standard InChI is InChI=1S/C11H11F3N4O2/c1-7(4-15)6-17(2)8-3-10(11(12,13)14)16-5-9(8)18(19)20/h3,5,7H,6H2,1-2H3. The van der Waals surface area contributed by atoms with Crippen LogP contribution in [0.5, 0.6) is 0 Å². The Morgan fingerprint density at radius 1 is 1.60 bits per heavy atom. The normalized spacial score (nSPS) is 12.6. The van der Waals surface area contributed by atoms with Crippen LogP contribution in [0.15, 0.2) is 12.3 Å². The molecule has 0 N–H and O–H groups in total. The Balaban J connectivity index is 3.26. The number of pyridine rings is 1. The molecule has 0 aliphatic carbocycles. The summed E-state index contributed by atoms with van der Waals surface area (Å²) in [5.74, 6) is -0.484. The molecule has 0 aliphatic rings. The summed E-state index contributed by atoms with van der Waals surface area (Å²) in [5, 5.41) is 19.5. The average molecular weight is 288 g/mol. The number of nitrogens with zero attached hydrogens (tertiary/aromatic N) is 4. The fourth-order valence-corrected chi connectivity index (χ4v) is 1.59. The van der Waals surface area contributed by atoms with Crippen molar-refractivity contribution < 1.29 is 18.1 Å². The van der Waals surface area contributed by atoms with E-state index in [1.54, 1.807) is 6.92 Å². The van der Waals surface area contributed by atoms with Gasteiger partial charge in [-0.05, 0) is 13.0 Å². The van der Waals surface area contributed by atoms with Gasteiger partial charge in [0.25, 0.3) is 0 Å². The van der Waals surface area contributed by atoms with Gasteiger partial charge in [0.1, 0.15) is 17.6 Å². The van der Waals surface area contributed by atoms with E-state index in [4.69, 9.17) is 5.26 Å². The summed E-state index contributed by atoms with van der Waals surface area (Å²) < 4.78 is 37.8. The lowest BCUT2D eigenvalue weighted by atomic mass is 10.2. The van der Waals surface area contributed by atoms with Gasteiger partial charge < -0.3 is 4.90 Å². The van der Waals surface area contributed by atoms with Crippen molar-refractivity contribution in [1.82, 2.24) is 4.98 Å². The maximum absolute atomic E-state index is 12.6. The summed E-state index contributed by atoms with van der Waals surface area (Å²) in [5.41, 5.74) is -1.97. The fourth-order valence-electron chi connectivity index (χ4n) is 1.59. The molecule has 0 amide bonds. The molecule has 20 heavy (non-hydrogen) atoms. The molecule has 0 bridgehead atoms. The van der Waals surface area contributed by atoms with E-state index in [1.807, 2.05) is 6.07 Å². The third-order valence-corrected chi connectivity index (χ3v) is 2.53. The highest BCUT2D eigenvalue weighted by molar-refractivity contribution is 5.62. The van der Waals surface area contributed by atoms with Crippen LogP contribution in [-0.4, -0.2) is 23.5 Å². The molecule has 0 radical (unpaired) electrons. The quantitative estimate of drug-likeness (QED) is 0.628. The maximum Gasteiger partial charge on any atom is 0.433 e. The highest BCUT2D eigenvalue weighted by Crippen LogP contribution is 2.34. The molecule has 0 aliphatic heterocycles. The van der Waals surface area contributed by atoms with Crippen molar-refractivity contribution in [2.24, 2.45) is 5.92 Å². The van der Waals surface area contributed by atoms with E-state index >= 15 is 0 Å². The van der Waals surface area contributed by atoms with Gasteiger partial charge in [-0.15, -0.1) is 0 Å². The number of alkyl halides is 3. The molecular formula is C11H11F3N4O2. The van der Waals surface area contributed by atoms with Crippen molar-refractivity contribution in [3.63, 3.8) is 0 Å². The molecule has 1 rings (SSSR count). The lowest BCUT2D eigenvalue weighted by Gasteiger charge is -2.20. The summed E-state index contributed by atoms with van der Waals surface area (Å²) >= 11 is 0. The second kappa shape index (κ2) is 5.73. The summed E-state index contributed by atoms with van der Waals surface area (Å²) in [6.07, 6.45) is -4.11. The van der Waals surface area contributed by atoms with Gasteiger partial charge in [-0.1, -0.05) is 0 Å². The first-order valence-electron chi connectivity index (χ1n) is 5.49. The molecular weight excluding hydrogens is 277 g/mol. The van der Waals surface area contributed by atoms with E-state index in [2.05, 4.69) is 4.98 Å². The van der Waals surface area contributed by atoms with E-state index in [1.165, 1.54) is 11.9 Å². The van der Waals surface area contributed by atoms with Gasteiger partial charge in [-0.2, -0.15) is 18.4 Å². The van der Waals surface area contributed by atoms with Crippen molar-refractivity contribution in [2.75, 3.05) is 18.5 Å². The molecule has 0 aromatic carbocycles. The summed E-state index contributed by atoms with van der Waals surface area (Å²) in [4.78, 5) is 14.3. The van der Waals surface area contributed by atoms with Crippen LogP contribution in [0.1, 0.15) is 12.6 Å². The van der Waals surface area contributed by atoms with Crippen LogP contribution in [0, 0.1) is 27.4 Å². The Kier molecular flexibility index (Phi) is 4.49. The highest BCUT2D eigenvalue weighted by Gasteiger charge is 2.35. The van der Waals surface area contributed by atoms with E-state index in [-0.39, 0.29) is 12.2 Å². The Bertz CT molecular complexity index is 554. The number of hydrogen-bond acceptors (Lipinski definition) is 5. The van der Waals surface area contributed by atoms with Crippen LogP contribution < -0.4 is 4.90 Å². The number of halogens is 3. The summed E-state index contributed by atoms with van der Waals surface area (Å²) in [7, 11) is 1.39. The number of nitro groups is 1. The van der Waals surface area contributed by atoms with Crippen molar-refractivity contribution >= 4 is 11.4 Å². The molecule has 1 aromatic heterocycles. The number of anilines is 1. The van der Waals surface area contributed by atoms with Gasteiger partial charge in [0, 0.05) is 13.6 Å². The van der Waals surface area contributed by atoms with E-state index in [0.717, 1.165) is 0 Å². The van der Waals surface area contributed by atoms with E-state index < -0.39 is 28.4 Å². The molecule has 108 valence electrons. The third-order valence-electron chi connectivity index (χ3n) is 2.53. The summed E-state index contributed by atoms with van der Waals surface area (Å²) in [6.45, 7) is 1.63. The molecule has 0 fully saturated rings. The Morgan fingerprint density at radius 2 is 2.20 bits per heavy atom. The van der Waals surface area contributed by atoms with Crippen LogP contribution in [0.2, 0.25) is 0 Å². The van der Waals surface area contributed by atoms with Crippen molar-refractivity contribution in [3.05, 3.63) is 28.1 Å². The zero-order valence-corrected chi connectivity index (χ0v) is 10.7. The molecule has 9 heteroatoms. The van der Waals surface area contributed by atoms with Gasteiger partial charge >= 0.3 is 11.9 Å². The first-order valence-corrected chi connectivity index (χ1v) is 5.49. The van der Waals surface area contributed by atoms with Gasteiger partial charge in [0.2, 0.25) is 0 Å².